The van der Waals surface area contributed by atoms with Crippen LogP contribution in [-0.4, -0.2) is 33.5 Å². The Morgan fingerprint density at radius 3 is 2.47 bits per heavy atom. The molecule has 0 spiro atoms. The Morgan fingerprint density at radius 1 is 1.18 bits per heavy atom. The van der Waals surface area contributed by atoms with Crippen LogP contribution in [0, 0.1) is 11.6 Å². The van der Waals surface area contributed by atoms with Crippen LogP contribution in [-0.2, 0) is 9.53 Å². The van der Waals surface area contributed by atoms with Crippen molar-refractivity contribution in [3.8, 4) is 0 Å². The first-order chi connectivity index (χ1) is 15.9. The Kier molecular flexibility index (Phi) is 8.72. The number of nitrogens with zero attached hydrogens (tertiary/aromatic N) is 1. The number of thioether (sulfide) groups is 1. The standard InChI is InChI=1S/C26H29Cl2F2NO2S/c1-6-7-22-25(32)31(15(2)14-34-26(3,4)5)23(16-8-9-20(28)21(30)12-16)24(33-22)17-10-18(27)13-19(29)11-17/h6,8-13,15,22-24H,1,7,14H2,2-5H3/t15-,22-,23+,24+/m0/s1. The minimum Gasteiger partial charge on any atom is -0.358 e. The van der Waals surface area contributed by atoms with E-state index in [0.717, 1.165) is 0 Å². The summed E-state index contributed by atoms with van der Waals surface area (Å²) in [5.74, 6) is -0.695. The zero-order chi connectivity index (χ0) is 25.2. The van der Waals surface area contributed by atoms with Gasteiger partial charge in [-0.2, -0.15) is 11.8 Å². The smallest absolute Gasteiger partial charge is 0.252 e. The van der Waals surface area contributed by atoms with E-state index < -0.39 is 29.9 Å². The molecule has 1 aliphatic rings. The van der Waals surface area contributed by atoms with Gasteiger partial charge >= 0.3 is 0 Å². The number of rotatable bonds is 7. The summed E-state index contributed by atoms with van der Waals surface area (Å²) in [5, 5.41) is 0.185. The van der Waals surface area contributed by atoms with E-state index in [-0.39, 0.29) is 33.2 Å². The maximum Gasteiger partial charge on any atom is 0.252 e. The minimum atomic E-state index is -0.806. The van der Waals surface area contributed by atoms with Crippen LogP contribution in [0.3, 0.4) is 0 Å². The second kappa shape index (κ2) is 11.0. The quantitative estimate of drug-likeness (QED) is 0.344. The van der Waals surface area contributed by atoms with Crippen molar-refractivity contribution < 1.29 is 18.3 Å². The molecule has 0 aliphatic carbocycles. The average molecular weight is 528 g/mol. The summed E-state index contributed by atoms with van der Waals surface area (Å²) < 4.78 is 35.1. The van der Waals surface area contributed by atoms with Crippen molar-refractivity contribution in [3.05, 3.63) is 81.9 Å². The van der Waals surface area contributed by atoms with Gasteiger partial charge in [-0.25, -0.2) is 8.78 Å². The topological polar surface area (TPSA) is 29.5 Å². The molecule has 0 bridgehead atoms. The average Bonchev–Trinajstić information content (AvgIpc) is 2.74. The summed E-state index contributed by atoms with van der Waals surface area (Å²) in [6.45, 7) is 12.0. The zero-order valence-electron chi connectivity index (χ0n) is 19.7. The fraction of sp³-hybridized carbons (Fsp3) is 0.423. The molecule has 1 aliphatic heterocycles. The van der Waals surface area contributed by atoms with E-state index >= 15 is 0 Å². The third kappa shape index (κ3) is 6.34. The molecule has 2 aromatic carbocycles. The zero-order valence-corrected chi connectivity index (χ0v) is 22.0. The lowest BCUT2D eigenvalue weighted by atomic mass is 9.90. The third-order valence-electron chi connectivity index (χ3n) is 5.54. The van der Waals surface area contributed by atoms with Gasteiger partial charge in [0.2, 0.25) is 0 Å². The number of halogens is 4. The number of ether oxygens (including phenoxy) is 1. The molecular weight excluding hydrogens is 499 g/mol. The molecule has 1 saturated heterocycles. The van der Waals surface area contributed by atoms with E-state index in [4.69, 9.17) is 27.9 Å². The van der Waals surface area contributed by atoms with Crippen LogP contribution in [0.5, 0.6) is 0 Å². The van der Waals surface area contributed by atoms with Crippen LogP contribution in [0.15, 0.2) is 49.1 Å². The number of morpholine rings is 1. The van der Waals surface area contributed by atoms with Crippen LogP contribution in [0.1, 0.15) is 57.4 Å². The van der Waals surface area contributed by atoms with E-state index in [9.17, 15) is 13.6 Å². The predicted octanol–water partition coefficient (Wildman–Crippen LogP) is 7.78. The van der Waals surface area contributed by atoms with Crippen molar-refractivity contribution in [2.45, 2.75) is 63.2 Å². The van der Waals surface area contributed by atoms with Crippen LogP contribution >= 0.6 is 35.0 Å². The molecule has 34 heavy (non-hydrogen) atoms. The number of amides is 1. The first-order valence-electron chi connectivity index (χ1n) is 11.0. The van der Waals surface area contributed by atoms with E-state index in [1.54, 1.807) is 34.9 Å². The lowest BCUT2D eigenvalue weighted by Gasteiger charge is -2.47. The van der Waals surface area contributed by atoms with Gasteiger partial charge in [0.15, 0.2) is 0 Å². The molecule has 0 saturated carbocycles. The molecule has 1 heterocycles. The van der Waals surface area contributed by atoms with Gasteiger partial charge in [0.25, 0.3) is 5.91 Å². The maximum absolute atomic E-state index is 14.5. The largest absolute Gasteiger partial charge is 0.358 e. The van der Waals surface area contributed by atoms with Crippen molar-refractivity contribution in [3.63, 3.8) is 0 Å². The van der Waals surface area contributed by atoms with Gasteiger partial charge in [0.1, 0.15) is 23.8 Å². The first kappa shape index (κ1) is 27.0. The Hall–Kier alpha value is -1.60. The monoisotopic (exact) mass is 527 g/mol. The van der Waals surface area contributed by atoms with Crippen molar-refractivity contribution in [1.29, 1.82) is 0 Å². The fourth-order valence-corrected chi connectivity index (χ4v) is 5.29. The molecule has 1 fully saturated rings. The Balaban J connectivity index is 2.16. The number of carbonyl (C=O) groups is 1. The normalized spacial score (nSPS) is 22.1. The highest BCUT2D eigenvalue weighted by Crippen LogP contribution is 2.45. The molecule has 2 aromatic rings. The molecule has 0 radical (unpaired) electrons. The summed E-state index contributed by atoms with van der Waals surface area (Å²) >= 11 is 13.8. The predicted molar refractivity (Wildman–Crippen MR) is 137 cm³/mol. The highest BCUT2D eigenvalue weighted by Gasteiger charge is 2.46. The van der Waals surface area contributed by atoms with Crippen LogP contribution in [0.2, 0.25) is 10.0 Å². The van der Waals surface area contributed by atoms with Crippen LogP contribution in [0.4, 0.5) is 8.78 Å². The van der Waals surface area contributed by atoms with Gasteiger partial charge in [-0.1, -0.05) is 56.1 Å². The van der Waals surface area contributed by atoms with Gasteiger partial charge in [-0.15, -0.1) is 6.58 Å². The van der Waals surface area contributed by atoms with Gasteiger partial charge in [-0.05, 0) is 48.4 Å². The van der Waals surface area contributed by atoms with E-state index in [2.05, 4.69) is 27.4 Å². The molecular formula is C26H29Cl2F2NO2S. The molecule has 3 rings (SSSR count). The molecule has 184 valence electrons. The van der Waals surface area contributed by atoms with E-state index in [1.807, 2.05) is 6.92 Å². The Bertz CT molecular complexity index is 1040. The summed E-state index contributed by atoms with van der Waals surface area (Å²) in [6.07, 6.45) is 0.321. The number of carbonyl (C=O) groups excluding carboxylic acids is 1. The lowest BCUT2D eigenvalue weighted by molar-refractivity contribution is -0.177. The van der Waals surface area contributed by atoms with Crippen LogP contribution in [0.25, 0.3) is 0 Å². The summed E-state index contributed by atoms with van der Waals surface area (Å²) in [7, 11) is 0. The third-order valence-corrected chi connectivity index (χ3v) is 7.58. The molecule has 0 aromatic heterocycles. The van der Waals surface area contributed by atoms with E-state index in [1.165, 1.54) is 24.3 Å². The second-order valence-corrected chi connectivity index (χ2v) is 12.1. The van der Waals surface area contributed by atoms with Gasteiger partial charge in [0.05, 0.1) is 11.1 Å². The Morgan fingerprint density at radius 2 is 1.88 bits per heavy atom. The fourth-order valence-electron chi connectivity index (χ4n) is 4.04. The minimum absolute atomic E-state index is 0.0124. The molecule has 0 unspecified atom stereocenters. The molecule has 1 amide bonds. The highest BCUT2D eigenvalue weighted by molar-refractivity contribution is 8.00. The number of benzene rings is 2. The molecule has 4 atom stereocenters. The number of hydrogen-bond donors (Lipinski definition) is 0. The molecule has 8 heteroatoms. The van der Waals surface area contributed by atoms with Gasteiger partial charge < -0.3 is 9.64 Å². The lowest BCUT2D eigenvalue weighted by Crippen LogP contribution is -2.54. The highest BCUT2D eigenvalue weighted by atomic mass is 35.5. The SMILES string of the molecule is C=CC[C@@H]1O[C@H](c2cc(F)cc(Cl)c2)[C@@H](c2ccc(Cl)c(F)c2)N([C@@H](C)CSC(C)(C)C)C1=O. The first-order valence-corrected chi connectivity index (χ1v) is 12.8. The second-order valence-electron chi connectivity index (χ2n) is 9.41. The molecule has 0 N–H and O–H groups in total. The van der Waals surface area contributed by atoms with Crippen molar-refractivity contribution in [1.82, 2.24) is 4.90 Å². The Labute approximate surface area is 214 Å². The summed E-state index contributed by atoms with van der Waals surface area (Å²) in [5.41, 5.74) is 0.970. The van der Waals surface area contributed by atoms with Crippen molar-refractivity contribution >= 4 is 40.9 Å². The van der Waals surface area contributed by atoms with E-state index in [0.29, 0.717) is 16.9 Å². The van der Waals surface area contributed by atoms with Crippen molar-refractivity contribution in [2.24, 2.45) is 0 Å². The maximum atomic E-state index is 14.5. The molecule has 3 nitrogen and oxygen atoms in total. The summed E-state index contributed by atoms with van der Waals surface area (Å²) in [4.78, 5) is 15.4. The van der Waals surface area contributed by atoms with Crippen molar-refractivity contribution in [2.75, 3.05) is 5.75 Å². The number of hydrogen-bond acceptors (Lipinski definition) is 3. The van der Waals surface area contributed by atoms with Gasteiger partial charge in [0, 0.05) is 28.0 Å². The van der Waals surface area contributed by atoms with Crippen LogP contribution < -0.4 is 0 Å². The van der Waals surface area contributed by atoms with Gasteiger partial charge in [-0.3, -0.25) is 4.79 Å². The summed E-state index contributed by atoms with van der Waals surface area (Å²) in [6, 6.07) is 7.65.